The molecule has 88 valence electrons. The van der Waals surface area contributed by atoms with Gasteiger partial charge in [0.1, 0.15) is 11.4 Å². The molecule has 16 heavy (non-hydrogen) atoms. The molecule has 0 bridgehead atoms. The summed E-state index contributed by atoms with van der Waals surface area (Å²) in [5, 5.41) is 23.0. The number of hydrogen-bond donors (Lipinski definition) is 2. The van der Waals surface area contributed by atoms with Crippen LogP contribution in [0.3, 0.4) is 0 Å². The predicted molar refractivity (Wildman–Crippen MR) is 62.8 cm³/mol. The highest BCUT2D eigenvalue weighted by Gasteiger charge is 2.15. The maximum Gasteiger partial charge on any atom is 0.296 e. The molecule has 0 aliphatic heterocycles. The van der Waals surface area contributed by atoms with Gasteiger partial charge in [-0.1, -0.05) is 13.3 Å². The van der Waals surface area contributed by atoms with Crippen LogP contribution in [0.4, 0.5) is 11.4 Å². The lowest BCUT2D eigenvalue weighted by Crippen LogP contribution is -2.15. The topological polar surface area (TPSA) is 75.4 Å². The standard InChI is InChI=1S/C11H16N2O3/c1-3-4-8(2)12-10-6-5-9(14)7-11(10)13(15)16/h5-8,12,14H,3-4H2,1-2H3. The zero-order valence-corrected chi connectivity index (χ0v) is 9.43. The monoisotopic (exact) mass is 224 g/mol. The number of phenolic OH excluding ortho intramolecular Hbond substituents is 1. The summed E-state index contributed by atoms with van der Waals surface area (Å²) < 4.78 is 0. The summed E-state index contributed by atoms with van der Waals surface area (Å²) in [5.74, 6) is -0.0969. The first kappa shape index (κ1) is 12.3. The first-order valence-electron chi connectivity index (χ1n) is 5.28. The molecule has 0 aromatic heterocycles. The average molecular weight is 224 g/mol. The van der Waals surface area contributed by atoms with Crippen LogP contribution < -0.4 is 5.32 Å². The lowest BCUT2D eigenvalue weighted by atomic mass is 10.1. The number of phenols is 1. The quantitative estimate of drug-likeness (QED) is 0.458. The Kier molecular flexibility index (Phi) is 4.10. The van der Waals surface area contributed by atoms with Gasteiger partial charge in [0.2, 0.25) is 0 Å². The summed E-state index contributed by atoms with van der Waals surface area (Å²) in [6, 6.07) is 4.29. The molecule has 5 nitrogen and oxygen atoms in total. The van der Waals surface area contributed by atoms with Crippen LogP contribution in [-0.4, -0.2) is 16.1 Å². The van der Waals surface area contributed by atoms with Crippen molar-refractivity contribution in [1.82, 2.24) is 0 Å². The van der Waals surface area contributed by atoms with Gasteiger partial charge >= 0.3 is 0 Å². The van der Waals surface area contributed by atoms with E-state index in [-0.39, 0.29) is 17.5 Å². The molecule has 0 aliphatic carbocycles. The lowest BCUT2D eigenvalue weighted by molar-refractivity contribution is -0.384. The molecule has 0 heterocycles. The molecule has 1 aromatic rings. The summed E-state index contributed by atoms with van der Waals surface area (Å²) in [6.45, 7) is 4.03. The van der Waals surface area contributed by atoms with Crippen molar-refractivity contribution in [1.29, 1.82) is 0 Å². The molecular formula is C11H16N2O3. The van der Waals surface area contributed by atoms with Gasteiger partial charge in [0, 0.05) is 6.04 Å². The van der Waals surface area contributed by atoms with Crippen LogP contribution in [0.5, 0.6) is 5.75 Å². The molecule has 0 fully saturated rings. The minimum atomic E-state index is -0.499. The molecule has 0 aliphatic rings. The van der Waals surface area contributed by atoms with Crippen LogP contribution >= 0.6 is 0 Å². The summed E-state index contributed by atoms with van der Waals surface area (Å²) in [6.07, 6.45) is 1.96. The Morgan fingerprint density at radius 2 is 2.25 bits per heavy atom. The van der Waals surface area contributed by atoms with Gasteiger partial charge in [0.05, 0.1) is 11.0 Å². The lowest BCUT2D eigenvalue weighted by Gasteiger charge is -2.14. The second kappa shape index (κ2) is 5.34. The van der Waals surface area contributed by atoms with E-state index in [0.717, 1.165) is 18.9 Å². The summed E-state index contributed by atoms with van der Waals surface area (Å²) in [5.41, 5.74) is 0.353. The number of benzene rings is 1. The van der Waals surface area contributed by atoms with Crippen molar-refractivity contribution in [3.05, 3.63) is 28.3 Å². The first-order chi connectivity index (χ1) is 7.54. The van der Waals surface area contributed by atoms with Crippen molar-refractivity contribution in [3.8, 4) is 5.75 Å². The van der Waals surface area contributed by atoms with E-state index in [0.29, 0.717) is 5.69 Å². The van der Waals surface area contributed by atoms with Gasteiger partial charge in [-0.15, -0.1) is 0 Å². The number of nitrogens with zero attached hydrogens (tertiary/aromatic N) is 1. The Labute approximate surface area is 94.3 Å². The molecule has 5 heteroatoms. The highest BCUT2D eigenvalue weighted by molar-refractivity contribution is 5.64. The summed E-state index contributed by atoms with van der Waals surface area (Å²) in [4.78, 5) is 10.3. The van der Waals surface area contributed by atoms with E-state index in [1.807, 2.05) is 6.92 Å². The van der Waals surface area contributed by atoms with Gasteiger partial charge in [-0.05, 0) is 25.5 Å². The van der Waals surface area contributed by atoms with E-state index in [9.17, 15) is 15.2 Å². The van der Waals surface area contributed by atoms with E-state index < -0.39 is 4.92 Å². The van der Waals surface area contributed by atoms with Crippen LogP contribution in [0.25, 0.3) is 0 Å². The Balaban J connectivity index is 2.90. The average Bonchev–Trinajstić information content (AvgIpc) is 2.20. The molecule has 0 spiro atoms. The number of hydrogen-bond acceptors (Lipinski definition) is 4. The summed E-state index contributed by atoms with van der Waals surface area (Å²) in [7, 11) is 0. The number of aromatic hydroxyl groups is 1. The fourth-order valence-electron chi connectivity index (χ4n) is 1.56. The SMILES string of the molecule is CCCC(C)Nc1ccc(O)cc1[N+](=O)[O-]. The molecule has 1 rings (SSSR count). The van der Waals surface area contributed by atoms with E-state index in [1.54, 1.807) is 0 Å². The van der Waals surface area contributed by atoms with Crippen molar-refractivity contribution < 1.29 is 10.0 Å². The van der Waals surface area contributed by atoms with Crippen LogP contribution in [0.1, 0.15) is 26.7 Å². The number of nitro benzene ring substituents is 1. The fourth-order valence-corrected chi connectivity index (χ4v) is 1.56. The molecule has 1 atom stereocenters. The predicted octanol–water partition coefficient (Wildman–Crippen LogP) is 2.90. The Morgan fingerprint density at radius 1 is 1.56 bits per heavy atom. The van der Waals surface area contributed by atoms with Crippen molar-refractivity contribution in [2.75, 3.05) is 5.32 Å². The van der Waals surface area contributed by atoms with E-state index in [2.05, 4.69) is 12.2 Å². The van der Waals surface area contributed by atoms with Crippen LogP contribution in [0.15, 0.2) is 18.2 Å². The number of anilines is 1. The van der Waals surface area contributed by atoms with Crippen molar-refractivity contribution >= 4 is 11.4 Å². The molecule has 1 aromatic carbocycles. The van der Waals surface area contributed by atoms with Crippen molar-refractivity contribution in [2.24, 2.45) is 0 Å². The highest BCUT2D eigenvalue weighted by atomic mass is 16.6. The third-order valence-corrected chi connectivity index (χ3v) is 2.30. The third kappa shape index (κ3) is 3.12. The molecule has 0 saturated heterocycles. The Morgan fingerprint density at radius 3 is 2.81 bits per heavy atom. The zero-order chi connectivity index (χ0) is 12.1. The van der Waals surface area contributed by atoms with Crippen molar-refractivity contribution in [2.45, 2.75) is 32.7 Å². The minimum Gasteiger partial charge on any atom is -0.508 e. The smallest absolute Gasteiger partial charge is 0.296 e. The second-order valence-corrected chi connectivity index (χ2v) is 3.79. The zero-order valence-electron chi connectivity index (χ0n) is 9.43. The van der Waals surface area contributed by atoms with E-state index in [1.165, 1.54) is 12.1 Å². The molecule has 0 saturated carbocycles. The number of nitrogens with one attached hydrogen (secondary N) is 1. The normalized spacial score (nSPS) is 12.1. The number of nitro groups is 1. The molecule has 1 unspecified atom stereocenters. The van der Waals surface area contributed by atoms with Gasteiger partial charge in [0.25, 0.3) is 5.69 Å². The van der Waals surface area contributed by atoms with Crippen LogP contribution in [0, 0.1) is 10.1 Å². The highest BCUT2D eigenvalue weighted by Crippen LogP contribution is 2.29. The van der Waals surface area contributed by atoms with Gasteiger partial charge in [0.15, 0.2) is 0 Å². The van der Waals surface area contributed by atoms with E-state index in [4.69, 9.17) is 0 Å². The maximum absolute atomic E-state index is 10.8. The minimum absolute atomic E-state index is 0.0945. The van der Waals surface area contributed by atoms with Crippen molar-refractivity contribution in [3.63, 3.8) is 0 Å². The second-order valence-electron chi connectivity index (χ2n) is 3.79. The molecule has 0 amide bonds. The maximum atomic E-state index is 10.8. The third-order valence-electron chi connectivity index (χ3n) is 2.30. The largest absolute Gasteiger partial charge is 0.508 e. The molecule has 0 radical (unpaired) electrons. The van der Waals surface area contributed by atoms with Crippen LogP contribution in [-0.2, 0) is 0 Å². The van der Waals surface area contributed by atoms with Gasteiger partial charge in [-0.25, -0.2) is 0 Å². The van der Waals surface area contributed by atoms with Gasteiger partial charge in [-0.2, -0.15) is 0 Å². The van der Waals surface area contributed by atoms with Gasteiger partial charge < -0.3 is 10.4 Å². The van der Waals surface area contributed by atoms with E-state index >= 15 is 0 Å². The summed E-state index contributed by atoms with van der Waals surface area (Å²) >= 11 is 0. The molecular weight excluding hydrogens is 208 g/mol. The van der Waals surface area contributed by atoms with Gasteiger partial charge in [-0.3, -0.25) is 10.1 Å². The molecule has 2 N–H and O–H groups in total. The van der Waals surface area contributed by atoms with Crippen LogP contribution in [0.2, 0.25) is 0 Å². The fraction of sp³-hybridized carbons (Fsp3) is 0.455. The number of rotatable bonds is 5. The Hall–Kier alpha value is -1.78. The first-order valence-corrected chi connectivity index (χ1v) is 5.28. The Bertz CT molecular complexity index is 379.